The number of nitrogens with two attached hydrogens (primary N) is 1. The zero-order chi connectivity index (χ0) is 15.2. The number of unbranched alkanes of at least 4 members (excludes halogenated alkanes) is 2. The molecule has 0 aliphatic heterocycles. The van der Waals surface area contributed by atoms with Crippen LogP contribution < -0.4 is 10.6 Å². The van der Waals surface area contributed by atoms with E-state index in [-0.39, 0.29) is 0 Å². The van der Waals surface area contributed by atoms with Crippen LogP contribution in [0.25, 0.3) is 10.8 Å². The predicted octanol–water partition coefficient (Wildman–Crippen LogP) is 4.10. The molecule has 3 heteroatoms. The van der Waals surface area contributed by atoms with E-state index in [2.05, 4.69) is 56.0 Å². The van der Waals surface area contributed by atoms with E-state index in [0.717, 1.165) is 18.1 Å². The van der Waals surface area contributed by atoms with Crippen LogP contribution in [0, 0.1) is 0 Å². The highest BCUT2D eigenvalue weighted by molar-refractivity contribution is 5.92. The molecular weight excluding hydrogens is 258 g/mol. The Morgan fingerprint density at radius 1 is 1.19 bits per heavy atom. The number of anilines is 1. The molecule has 0 amide bonds. The summed E-state index contributed by atoms with van der Waals surface area (Å²) in [6.07, 6.45) is 3.71. The first kappa shape index (κ1) is 15.8. The largest absolute Gasteiger partial charge is 0.354 e. The third kappa shape index (κ3) is 3.73. The summed E-state index contributed by atoms with van der Waals surface area (Å²) in [5, 5.41) is 2.45. The Morgan fingerprint density at radius 3 is 2.62 bits per heavy atom. The summed E-state index contributed by atoms with van der Waals surface area (Å²) in [6.45, 7) is 8.24. The summed E-state index contributed by atoms with van der Waals surface area (Å²) in [6, 6.07) is 11.0. The van der Waals surface area contributed by atoms with Gasteiger partial charge >= 0.3 is 0 Å². The lowest BCUT2D eigenvalue weighted by Crippen LogP contribution is -2.33. The molecule has 2 rings (SSSR count). The molecule has 0 aliphatic carbocycles. The number of nitrogens with zero attached hydrogens (tertiary/aromatic N) is 2. The predicted molar refractivity (Wildman–Crippen MR) is 91.6 cm³/mol. The van der Waals surface area contributed by atoms with Gasteiger partial charge in [0.05, 0.1) is 5.69 Å². The van der Waals surface area contributed by atoms with E-state index in [9.17, 15) is 0 Å². The number of hydrogen-bond acceptors (Lipinski definition) is 3. The summed E-state index contributed by atoms with van der Waals surface area (Å²) in [4.78, 5) is 7.23. The van der Waals surface area contributed by atoms with Gasteiger partial charge in [0.2, 0.25) is 0 Å². The molecule has 1 aromatic carbocycles. The molecule has 0 saturated carbocycles. The maximum Gasteiger partial charge on any atom is 0.137 e. The maximum atomic E-state index is 5.83. The zero-order valence-corrected chi connectivity index (χ0v) is 13.5. The Bertz CT molecular complexity index is 578. The average Bonchev–Trinajstić information content (AvgIpc) is 2.50. The van der Waals surface area contributed by atoms with Gasteiger partial charge in [0.15, 0.2) is 0 Å². The van der Waals surface area contributed by atoms with E-state index in [1.165, 1.54) is 30.0 Å². The maximum absolute atomic E-state index is 5.83. The summed E-state index contributed by atoms with van der Waals surface area (Å²) < 4.78 is 0. The smallest absolute Gasteiger partial charge is 0.137 e. The normalized spacial score (nSPS) is 11.3. The lowest BCUT2D eigenvalue weighted by atomic mass is 10.1. The minimum absolute atomic E-state index is 0.436. The minimum Gasteiger partial charge on any atom is -0.354 e. The molecule has 0 aliphatic rings. The Kier molecular flexibility index (Phi) is 5.57. The summed E-state index contributed by atoms with van der Waals surface area (Å²) in [7, 11) is 0. The molecule has 3 nitrogen and oxygen atoms in total. The number of rotatable bonds is 7. The topological polar surface area (TPSA) is 42.2 Å². The fourth-order valence-electron chi connectivity index (χ4n) is 2.70. The third-order valence-electron chi connectivity index (χ3n) is 3.88. The molecule has 0 fully saturated rings. The number of pyridine rings is 1. The first-order valence-electron chi connectivity index (χ1n) is 8.02. The SMILES string of the molecule is CCCCCN(c1nc(CN)cc2ccccc12)C(C)C. The summed E-state index contributed by atoms with van der Waals surface area (Å²) in [5.41, 5.74) is 6.79. The van der Waals surface area contributed by atoms with Crippen LogP contribution in [0.5, 0.6) is 0 Å². The molecule has 2 aromatic rings. The highest BCUT2D eigenvalue weighted by atomic mass is 15.2. The van der Waals surface area contributed by atoms with Crippen LogP contribution in [-0.4, -0.2) is 17.6 Å². The number of benzene rings is 1. The van der Waals surface area contributed by atoms with Gasteiger partial charge in [-0.25, -0.2) is 4.98 Å². The van der Waals surface area contributed by atoms with Crippen molar-refractivity contribution in [2.45, 2.75) is 52.6 Å². The van der Waals surface area contributed by atoms with Crippen LogP contribution in [0.3, 0.4) is 0 Å². The molecule has 1 heterocycles. The highest BCUT2D eigenvalue weighted by Crippen LogP contribution is 2.27. The van der Waals surface area contributed by atoms with Gasteiger partial charge in [0, 0.05) is 24.5 Å². The molecule has 0 radical (unpaired) electrons. The second-order valence-corrected chi connectivity index (χ2v) is 5.86. The molecule has 114 valence electrons. The molecule has 1 aromatic heterocycles. The molecule has 0 saturated heterocycles. The van der Waals surface area contributed by atoms with E-state index < -0.39 is 0 Å². The zero-order valence-electron chi connectivity index (χ0n) is 13.5. The second-order valence-electron chi connectivity index (χ2n) is 5.86. The van der Waals surface area contributed by atoms with Gasteiger partial charge in [-0.2, -0.15) is 0 Å². The minimum atomic E-state index is 0.436. The van der Waals surface area contributed by atoms with Gasteiger partial charge < -0.3 is 10.6 Å². The second kappa shape index (κ2) is 7.41. The number of aromatic nitrogens is 1. The van der Waals surface area contributed by atoms with Crippen LogP contribution in [0.2, 0.25) is 0 Å². The lowest BCUT2D eigenvalue weighted by molar-refractivity contribution is 0.621. The third-order valence-corrected chi connectivity index (χ3v) is 3.88. The van der Waals surface area contributed by atoms with Crippen molar-refractivity contribution in [1.29, 1.82) is 0 Å². The summed E-state index contributed by atoms with van der Waals surface area (Å²) in [5.74, 6) is 1.08. The molecule has 21 heavy (non-hydrogen) atoms. The van der Waals surface area contributed by atoms with Gasteiger partial charge in [0.1, 0.15) is 5.82 Å². The van der Waals surface area contributed by atoms with E-state index in [1.54, 1.807) is 0 Å². The van der Waals surface area contributed by atoms with Crippen molar-refractivity contribution < 1.29 is 0 Å². The first-order valence-corrected chi connectivity index (χ1v) is 8.02. The number of fused-ring (bicyclic) bond motifs is 1. The van der Waals surface area contributed by atoms with Crippen LogP contribution in [0.1, 0.15) is 45.7 Å². The Morgan fingerprint density at radius 2 is 1.95 bits per heavy atom. The Hall–Kier alpha value is -1.61. The van der Waals surface area contributed by atoms with Crippen molar-refractivity contribution in [3.63, 3.8) is 0 Å². The monoisotopic (exact) mass is 285 g/mol. The standard InChI is InChI=1S/C18H27N3/c1-4-5-8-11-21(14(2)3)18-17-10-7-6-9-15(17)12-16(13-19)20-18/h6-7,9-10,12,14H,4-5,8,11,13,19H2,1-3H3. The molecule has 0 bridgehead atoms. The van der Waals surface area contributed by atoms with Crippen molar-refractivity contribution in [1.82, 2.24) is 4.98 Å². The van der Waals surface area contributed by atoms with Crippen molar-refractivity contribution in [2.75, 3.05) is 11.4 Å². The first-order chi connectivity index (χ1) is 10.2. The molecule has 0 unspecified atom stereocenters. The molecular formula is C18H27N3. The highest BCUT2D eigenvalue weighted by Gasteiger charge is 2.15. The number of hydrogen-bond donors (Lipinski definition) is 1. The van der Waals surface area contributed by atoms with Crippen molar-refractivity contribution in [2.24, 2.45) is 5.73 Å². The van der Waals surface area contributed by atoms with Gasteiger partial charge in [-0.3, -0.25) is 0 Å². The lowest BCUT2D eigenvalue weighted by Gasteiger charge is -2.29. The molecule has 0 spiro atoms. The van der Waals surface area contributed by atoms with E-state index >= 15 is 0 Å². The van der Waals surface area contributed by atoms with Crippen molar-refractivity contribution >= 4 is 16.6 Å². The van der Waals surface area contributed by atoms with Crippen LogP contribution in [-0.2, 0) is 6.54 Å². The average molecular weight is 285 g/mol. The van der Waals surface area contributed by atoms with E-state index in [0.29, 0.717) is 12.6 Å². The van der Waals surface area contributed by atoms with E-state index in [4.69, 9.17) is 10.7 Å². The molecule has 2 N–H and O–H groups in total. The Labute approximate surface area is 128 Å². The molecule has 0 atom stereocenters. The quantitative estimate of drug-likeness (QED) is 0.779. The van der Waals surface area contributed by atoms with Gasteiger partial charge in [-0.1, -0.05) is 44.0 Å². The van der Waals surface area contributed by atoms with Gasteiger partial charge in [0.25, 0.3) is 0 Å². The van der Waals surface area contributed by atoms with Crippen LogP contribution in [0.15, 0.2) is 30.3 Å². The fourth-order valence-corrected chi connectivity index (χ4v) is 2.70. The summed E-state index contributed by atoms with van der Waals surface area (Å²) >= 11 is 0. The van der Waals surface area contributed by atoms with E-state index in [1.807, 2.05) is 0 Å². The van der Waals surface area contributed by atoms with Crippen LogP contribution >= 0.6 is 0 Å². The van der Waals surface area contributed by atoms with Crippen molar-refractivity contribution in [3.05, 3.63) is 36.0 Å². The Balaban J connectivity index is 2.44. The van der Waals surface area contributed by atoms with Crippen LogP contribution in [0.4, 0.5) is 5.82 Å². The van der Waals surface area contributed by atoms with Gasteiger partial charge in [-0.15, -0.1) is 0 Å². The van der Waals surface area contributed by atoms with Crippen molar-refractivity contribution in [3.8, 4) is 0 Å². The fraction of sp³-hybridized carbons (Fsp3) is 0.500. The van der Waals surface area contributed by atoms with Gasteiger partial charge in [-0.05, 0) is 31.7 Å².